The number of hydrogen-bond donors (Lipinski definition) is 1. The van der Waals surface area contributed by atoms with Crippen molar-refractivity contribution in [2.75, 3.05) is 17.7 Å². The number of nitrogens with two attached hydrogens (primary N) is 1. The van der Waals surface area contributed by atoms with Crippen LogP contribution in [0.15, 0.2) is 48.5 Å². The Morgan fingerprint density at radius 1 is 1.18 bits per heavy atom. The summed E-state index contributed by atoms with van der Waals surface area (Å²) >= 11 is 1.62. The summed E-state index contributed by atoms with van der Waals surface area (Å²) in [5.41, 5.74) is 7.47. The van der Waals surface area contributed by atoms with Crippen molar-refractivity contribution in [3.63, 3.8) is 0 Å². The lowest BCUT2D eigenvalue weighted by Gasteiger charge is -2.23. The van der Waals surface area contributed by atoms with Gasteiger partial charge in [-0.3, -0.25) is 9.59 Å². The summed E-state index contributed by atoms with van der Waals surface area (Å²) in [4.78, 5) is 30.5. The number of rotatable bonds is 8. The van der Waals surface area contributed by atoms with E-state index in [0.29, 0.717) is 11.4 Å². The maximum Gasteiger partial charge on any atom is 0.246 e. The molecule has 1 heterocycles. The maximum absolute atomic E-state index is 13.3. The molecule has 0 fully saturated rings. The topological polar surface area (TPSA) is 81.2 Å². The second-order valence-electron chi connectivity index (χ2n) is 6.27. The maximum atomic E-state index is 13.3. The third-order valence-electron chi connectivity index (χ3n) is 4.32. The average Bonchev–Trinajstić information content (AvgIpc) is 3.01. The zero-order valence-corrected chi connectivity index (χ0v) is 16.3. The molecular formula is C20H21FN4O2S. The average molecular weight is 400 g/mol. The fourth-order valence-electron chi connectivity index (χ4n) is 3.00. The highest BCUT2D eigenvalue weighted by atomic mass is 32.2. The van der Waals surface area contributed by atoms with E-state index in [1.165, 1.54) is 29.2 Å². The van der Waals surface area contributed by atoms with Gasteiger partial charge in [-0.1, -0.05) is 12.1 Å². The van der Waals surface area contributed by atoms with Crippen molar-refractivity contribution in [3.05, 3.63) is 60.2 Å². The molecule has 0 aliphatic rings. The van der Waals surface area contributed by atoms with Crippen molar-refractivity contribution >= 4 is 40.3 Å². The highest BCUT2D eigenvalue weighted by molar-refractivity contribution is 7.97. The first-order valence-corrected chi connectivity index (χ1v) is 10.2. The summed E-state index contributed by atoms with van der Waals surface area (Å²) < 4.78 is 15.2. The summed E-state index contributed by atoms with van der Waals surface area (Å²) in [7, 11) is 0. The van der Waals surface area contributed by atoms with Crippen LogP contribution in [-0.4, -0.2) is 34.2 Å². The lowest BCUT2D eigenvalue weighted by atomic mass is 10.2. The van der Waals surface area contributed by atoms with Crippen molar-refractivity contribution in [2.24, 2.45) is 5.73 Å². The molecule has 2 aromatic carbocycles. The number of imidazole rings is 1. The number of benzene rings is 2. The summed E-state index contributed by atoms with van der Waals surface area (Å²) in [6.45, 7) is 0.191. The van der Waals surface area contributed by atoms with E-state index in [0.717, 1.165) is 16.9 Å². The van der Waals surface area contributed by atoms with Crippen molar-refractivity contribution in [1.82, 2.24) is 9.55 Å². The lowest BCUT2D eigenvalue weighted by Crippen LogP contribution is -2.36. The number of halogens is 1. The Labute approximate surface area is 166 Å². The van der Waals surface area contributed by atoms with Crippen molar-refractivity contribution in [1.29, 1.82) is 0 Å². The lowest BCUT2D eigenvalue weighted by molar-refractivity contribution is -0.119. The largest absolute Gasteiger partial charge is 0.370 e. The van der Waals surface area contributed by atoms with Gasteiger partial charge in [0.15, 0.2) is 0 Å². The molecular weight excluding hydrogens is 379 g/mol. The minimum absolute atomic E-state index is 0.0193. The van der Waals surface area contributed by atoms with Gasteiger partial charge in [-0.05, 0) is 42.7 Å². The molecule has 0 saturated carbocycles. The molecule has 0 bridgehead atoms. The van der Waals surface area contributed by atoms with Gasteiger partial charge < -0.3 is 15.2 Å². The molecule has 3 rings (SSSR count). The first-order valence-electron chi connectivity index (χ1n) is 8.77. The molecule has 0 saturated heterocycles. The second-order valence-corrected chi connectivity index (χ2v) is 7.14. The number of fused-ring (bicyclic) bond motifs is 1. The normalized spacial score (nSPS) is 10.9. The van der Waals surface area contributed by atoms with Crippen molar-refractivity contribution < 1.29 is 14.0 Å². The van der Waals surface area contributed by atoms with Gasteiger partial charge in [-0.25, -0.2) is 9.37 Å². The summed E-state index contributed by atoms with van der Waals surface area (Å²) in [5, 5.41) is 0. The van der Waals surface area contributed by atoms with Crippen LogP contribution >= 0.6 is 11.8 Å². The highest BCUT2D eigenvalue weighted by Gasteiger charge is 2.20. The number of nitrogens with zero attached hydrogens (tertiary/aromatic N) is 3. The van der Waals surface area contributed by atoms with Gasteiger partial charge in [-0.15, -0.1) is 0 Å². The number of hydrogen-bond acceptors (Lipinski definition) is 4. The number of primary amides is 1. The van der Waals surface area contributed by atoms with Crippen LogP contribution in [0.25, 0.3) is 11.0 Å². The summed E-state index contributed by atoms with van der Waals surface area (Å²) in [6, 6.07) is 13.2. The van der Waals surface area contributed by atoms with Crippen molar-refractivity contribution in [2.45, 2.75) is 18.7 Å². The molecule has 2 N–H and O–H groups in total. The SMILES string of the molecule is CSCc1nc2ccccc2n1CC(=O)N(CCC(N)=O)c1ccc(F)cc1. The van der Waals surface area contributed by atoms with Crippen LogP contribution in [0.2, 0.25) is 0 Å². The van der Waals surface area contributed by atoms with Crippen LogP contribution < -0.4 is 10.6 Å². The standard InChI is InChI=1S/C20H21FN4O2S/c1-28-13-19-23-16-4-2-3-5-17(16)25(19)12-20(27)24(11-10-18(22)26)15-8-6-14(21)7-9-15/h2-9H,10-13H2,1H3,(H2,22,26). The molecule has 0 unspecified atom stereocenters. The molecule has 0 aliphatic carbocycles. The van der Waals surface area contributed by atoms with Gasteiger partial charge in [-0.2, -0.15) is 11.8 Å². The van der Waals surface area contributed by atoms with E-state index in [1.807, 2.05) is 35.1 Å². The molecule has 0 spiro atoms. The number of para-hydroxylation sites is 2. The first-order chi connectivity index (χ1) is 13.5. The highest BCUT2D eigenvalue weighted by Crippen LogP contribution is 2.21. The van der Waals surface area contributed by atoms with Gasteiger partial charge in [0.25, 0.3) is 0 Å². The Bertz CT molecular complexity index is 988. The van der Waals surface area contributed by atoms with Gasteiger partial charge >= 0.3 is 0 Å². The molecule has 2 amide bonds. The zero-order valence-electron chi connectivity index (χ0n) is 15.5. The Morgan fingerprint density at radius 2 is 1.89 bits per heavy atom. The molecule has 146 valence electrons. The Hall–Kier alpha value is -2.87. The number of thioether (sulfide) groups is 1. The quantitative estimate of drug-likeness (QED) is 0.630. The number of carbonyl (C=O) groups is 2. The third kappa shape index (κ3) is 4.51. The van der Waals surface area contributed by atoms with Gasteiger partial charge in [0.05, 0.1) is 16.8 Å². The summed E-state index contributed by atoms with van der Waals surface area (Å²) in [6.07, 6.45) is 1.99. The fraction of sp³-hybridized carbons (Fsp3) is 0.250. The monoisotopic (exact) mass is 400 g/mol. The molecule has 6 nitrogen and oxygen atoms in total. The van der Waals surface area contributed by atoms with E-state index in [2.05, 4.69) is 4.98 Å². The zero-order chi connectivity index (χ0) is 20.1. The molecule has 1 aromatic heterocycles. The molecule has 0 aliphatic heterocycles. The van der Waals surface area contributed by atoms with Crippen LogP contribution in [0.5, 0.6) is 0 Å². The second kappa shape index (κ2) is 8.88. The van der Waals surface area contributed by atoms with E-state index in [1.54, 1.807) is 11.8 Å². The van der Waals surface area contributed by atoms with Gasteiger partial charge in [0, 0.05) is 18.7 Å². The van der Waals surface area contributed by atoms with Crippen LogP contribution in [-0.2, 0) is 21.9 Å². The van der Waals surface area contributed by atoms with E-state index < -0.39 is 11.7 Å². The van der Waals surface area contributed by atoms with Crippen LogP contribution in [0, 0.1) is 5.82 Å². The predicted molar refractivity (Wildman–Crippen MR) is 110 cm³/mol. The first kappa shape index (κ1) is 19.9. The Balaban J connectivity index is 1.93. The third-order valence-corrected chi connectivity index (χ3v) is 4.87. The van der Waals surface area contributed by atoms with E-state index in [-0.39, 0.29) is 25.4 Å². The minimum Gasteiger partial charge on any atom is -0.370 e. The van der Waals surface area contributed by atoms with E-state index in [9.17, 15) is 14.0 Å². The smallest absolute Gasteiger partial charge is 0.246 e. The Kier molecular flexibility index (Phi) is 6.30. The molecule has 0 radical (unpaired) electrons. The van der Waals surface area contributed by atoms with Crippen LogP contribution in [0.3, 0.4) is 0 Å². The molecule has 3 aromatic rings. The molecule has 0 atom stereocenters. The predicted octanol–water partition coefficient (Wildman–Crippen LogP) is 2.95. The number of amides is 2. The fourth-order valence-corrected chi connectivity index (χ4v) is 3.48. The summed E-state index contributed by atoms with van der Waals surface area (Å²) in [5.74, 6) is 0.346. The molecule has 8 heteroatoms. The molecule has 28 heavy (non-hydrogen) atoms. The number of carbonyl (C=O) groups excluding carboxylic acids is 2. The number of aromatic nitrogens is 2. The number of anilines is 1. The van der Waals surface area contributed by atoms with Gasteiger partial charge in [0.2, 0.25) is 11.8 Å². The van der Waals surface area contributed by atoms with Crippen molar-refractivity contribution in [3.8, 4) is 0 Å². The van der Waals surface area contributed by atoms with E-state index in [4.69, 9.17) is 5.73 Å². The minimum atomic E-state index is -0.504. The van der Waals surface area contributed by atoms with E-state index >= 15 is 0 Å². The van der Waals surface area contributed by atoms with Crippen LogP contribution in [0.1, 0.15) is 12.2 Å². The van der Waals surface area contributed by atoms with Gasteiger partial charge in [0.1, 0.15) is 18.2 Å². The Morgan fingerprint density at radius 3 is 2.57 bits per heavy atom. The van der Waals surface area contributed by atoms with Crippen LogP contribution in [0.4, 0.5) is 10.1 Å².